The molecule has 4 nitrogen and oxygen atoms in total. The minimum Gasteiger partial charge on any atom is -0.341 e. The molecule has 5 atom stereocenters. The van der Waals surface area contributed by atoms with E-state index in [9.17, 15) is 8.42 Å². The van der Waals surface area contributed by atoms with Crippen molar-refractivity contribution >= 4 is 21.4 Å². The third-order valence-corrected chi connectivity index (χ3v) is 7.74. The van der Waals surface area contributed by atoms with Crippen LogP contribution in [-0.2, 0) is 19.3 Å². The van der Waals surface area contributed by atoms with E-state index in [1.165, 1.54) is 0 Å². The molecule has 19 heavy (non-hydrogen) atoms. The Hall–Kier alpha value is -0.360. The standard InChI is InChI=1S/C13H15ClO4S/c14-12-11-8-1-3-13(17-5-6-18-13)4-2-9(11)10(8)7-19(12,15)16/h1-4,8-12H,5-7H2/b3-1-,4-2-/t8-,9+,10?,11?,12?. The monoisotopic (exact) mass is 302 g/mol. The molecule has 4 bridgehead atoms. The van der Waals surface area contributed by atoms with Crippen LogP contribution in [0, 0.1) is 23.7 Å². The van der Waals surface area contributed by atoms with Crippen LogP contribution in [0.3, 0.4) is 0 Å². The molecule has 0 N–H and O–H groups in total. The van der Waals surface area contributed by atoms with Gasteiger partial charge in [0.2, 0.25) is 5.79 Å². The van der Waals surface area contributed by atoms with Gasteiger partial charge < -0.3 is 9.47 Å². The molecule has 0 aromatic rings. The Morgan fingerprint density at radius 1 is 1.11 bits per heavy atom. The van der Waals surface area contributed by atoms with Gasteiger partial charge in [0.05, 0.1) is 19.0 Å². The van der Waals surface area contributed by atoms with Crippen LogP contribution in [0.5, 0.6) is 0 Å². The summed E-state index contributed by atoms with van der Waals surface area (Å²) in [6.45, 7) is 1.17. The summed E-state index contributed by atoms with van der Waals surface area (Å²) >= 11 is 6.16. The van der Waals surface area contributed by atoms with Crippen molar-refractivity contribution in [2.45, 2.75) is 10.5 Å². The van der Waals surface area contributed by atoms with Gasteiger partial charge in [-0.25, -0.2) is 8.42 Å². The highest BCUT2D eigenvalue weighted by Gasteiger charge is 2.60. The molecule has 6 rings (SSSR count). The fourth-order valence-corrected chi connectivity index (χ4v) is 6.40. The molecule has 3 aliphatic carbocycles. The van der Waals surface area contributed by atoms with Crippen LogP contribution in [-0.4, -0.2) is 37.9 Å². The first-order valence-corrected chi connectivity index (χ1v) is 8.70. The number of fused-ring (bicyclic) bond motifs is 2. The van der Waals surface area contributed by atoms with Crippen LogP contribution >= 0.6 is 11.6 Å². The SMILES string of the molecule is O=S1(=O)CC2[C@H]3/C=C\C4(/C=C\[C@@H]2C3C1Cl)OCCO4. The number of hydrogen-bond donors (Lipinski definition) is 0. The lowest BCUT2D eigenvalue weighted by Crippen LogP contribution is -2.60. The van der Waals surface area contributed by atoms with Crippen LogP contribution in [0.2, 0.25) is 0 Å². The van der Waals surface area contributed by atoms with Crippen molar-refractivity contribution in [2.75, 3.05) is 19.0 Å². The Morgan fingerprint density at radius 3 is 2.21 bits per heavy atom. The maximum atomic E-state index is 11.9. The van der Waals surface area contributed by atoms with Gasteiger partial charge in [-0.2, -0.15) is 0 Å². The number of alkyl halides is 1. The second kappa shape index (κ2) is 3.85. The fourth-order valence-electron chi connectivity index (χ4n) is 3.83. The predicted molar refractivity (Wildman–Crippen MR) is 70.3 cm³/mol. The summed E-state index contributed by atoms with van der Waals surface area (Å²) in [5, 5.41) is 0. The van der Waals surface area contributed by atoms with Crippen LogP contribution in [0.4, 0.5) is 0 Å². The fraction of sp³-hybridized carbons (Fsp3) is 0.692. The third-order valence-electron chi connectivity index (χ3n) is 4.79. The quantitative estimate of drug-likeness (QED) is 0.500. The molecule has 0 aromatic carbocycles. The Labute approximate surface area is 117 Å². The molecule has 104 valence electrons. The van der Waals surface area contributed by atoms with Gasteiger partial charge in [0.25, 0.3) is 0 Å². The molecule has 6 aliphatic rings. The van der Waals surface area contributed by atoms with Crippen molar-refractivity contribution in [3.8, 4) is 0 Å². The molecule has 3 saturated heterocycles. The summed E-state index contributed by atoms with van der Waals surface area (Å²) in [7, 11) is -3.12. The van der Waals surface area contributed by atoms with E-state index < -0.39 is 20.3 Å². The van der Waals surface area contributed by atoms with Crippen molar-refractivity contribution in [1.82, 2.24) is 0 Å². The van der Waals surface area contributed by atoms with Crippen molar-refractivity contribution in [1.29, 1.82) is 0 Å². The summed E-state index contributed by atoms with van der Waals surface area (Å²) in [4.78, 5) is 0. The summed E-state index contributed by atoms with van der Waals surface area (Å²) in [5.74, 6) is 0.0760. The van der Waals surface area contributed by atoms with Gasteiger partial charge >= 0.3 is 0 Å². The Kier molecular flexibility index (Phi) is 2.51. The zero-order valence-corrected chi connectivity index (χ0v) is 11.8. The van der Waals surface area contributed by atoms with Crippen LogP contribution in [0.25, 0.3) is 0 Å². The maximum absolute atomic E-state index is 11.9. The molecule has 3 heterocycles. The Bertz CT molecular complexity index is 537. The lowest BCUT2D eigenvalue weighted by molar-refractivity contribution is -0.0790. The van der Waals surface area contributed by atoms with Gasteiger partial charge in [-0.05, 0) is 29.9 Å². The molecule has 1 spiro atoms. The summed E-state index contributed by atoms with van der Waals surface area (Å²) in [6, 6.07) is 0. The number of hydrogen-bond acceptors (Lipinski definition) is 4. The van der Waals surface area contributed by atoms with E-state index in [1.807, 2.05) is 24.3 Å². The minimum atomic E-state index is -3.12. The van der Waals surface area contributed by atoms with Crippen LogP contribution in [0.15, 0.2) is 24.3 Å². The maximum Gasteiger partial charge on any atom is 0.208 e. The number of sulfone groups is 1. The first-order valence-electron chi connectivity index (χ1n) is 6.55. The van der Waals surface area contributed by atoms with E-state index in [0.29, 0.717) is 13.2 Å². The highest BCUT2D eigenvalue weighted by atomic mass is 35.5. The van der Waals surface area contributed by atoms with Gasteiger partial charge in [0.1, 0.15) is 4.71 Å². The Morgan fingerprint density at radius 2 is 1.68 bits per heavy atom. The summed E-state index contributed by atoms with van der Waals surface area (Å²) < 4.78 is 34.2. The van der Waals surface area contributed by atoms with E-state index in [4.69, 9.17) is 21.1 Å². The van der Waals surface area contributed by atoms with E-state index in [2.05, 4.69) is 0 Å². The normalized spacial score (nSPS) is 51.9. The Balaban J connectivity index is 1.68. The van der Waals surface area contributed by atoms with Crippen LogP contribution < -0.4 is 0 Å². The smallest absolute Gasteiger partial charge is 0.208 e. The molecule has 3 unspecified atom stereocenters. The van der Waals surface area contributed by atoms with E-state index in [0.717, 1.165) is 0 Å². The van der Waals surface area contributed by atoms with Crippen molar-refractivity contribution in [3.05, 3.63) is 24.3 Å². The van der Waals surface area contributed by atoms with E-state index >= 15 is 0 Å². The molecule has 0 amide bonds. The van der Waals surface area contributed by atoms with Gasteiger partial charge in [-0.3, -0.25) is 0 Å². The van der Waals surface area contributed by atoms with E-state index in [1.54, 1.807) is 0 Å². The average Bonchev–Trinajstić information content (AvgIpc) is 2.78. The average molecular weight is 303 g/mol. The van der Waals surface area contributed by atoms with Gasteiger partial charge in [-0.15, -0.1) is 11.6 Å². The number of allylic oxidation sites excluding steroid dienone is 2. The van der Waals surface area contributed by atoms with Gasteiger partial charge in [0, 0.05) is 5.92 Å². The summed E-state index contributed by atoms with van der Waals surface area (Å²) in [5.41, 5.74) is 0. The second-order valence-electron chi connectivity index (χ2n) is 5.71. The zero-order chi connectivity index (χ0) is 13.3. The van der Waals surface area contributed by atoms with Gasteiger partial charge in [-0.1, -0.05) is 12.2 Å². The molecule has 0 aromatic heterocycles. The largest absolute Gasteiger partial charge is 0.341 e. The van der Waals surface area contributed by atoms with Crippen molar-refractivity contribution in [2.24, 2.45) is 23.7 Å². The predicted octanol–water partition coefficient (Wildman–Crippen LogP) is 1.33. The van der Waals surface area contributed by atoms with E-state index in [-0.39, 0.29) is 29.4 Å². The third kappa shape index (κ3) is 1.62. The molecular formula is C13H15ClO4S. The molecular weight excluding hydrogens is 288 g/mol. The van der Waals surface area contributed by atoms with Crippen molar-refractivity contribution < 1.29 is 17.9 Å². The first kappa shape index (κ1) is 12.4. The molecule has 6 heteroatoms. The number of halogens is 1. The molecule has 1 saturated carbocycles. The zero-order valence-electron chi connectivity index (χ0n) is 10.2. The number of ether oxygens (including phenoxy) is 2. The lowest BCUT2D eigenvalue weighted by Gasteiger charge is -2.56. The lowest BCUT2D eigenvalue weighted by atomic mass is 9.56. The number of rotatable bonds is 0. The van der Waals surface area contributed by atoms with Gasteiger partial charge in [0.15, 0.2) is 9.84 Å². The minimum absolute atomic E-state index is 0.00308. The van der Waals surface area contributed by atoms with Crippen LogP contribution in [0.1, 0.15) is 0 Å². The highest BCUT2D eigenvalue weighted by Crippen LogP contribution is 2.58. The topological polar surface area (TPSA) is 52.6 Å². The second-order valence-corrected chi connectivity index (χ2v) is 8.61. The first-order chi connectivity index (χ1) is 9.03. The van der Waals surface area contributed by atoms with Crippen molar-refractivity contribution in [3.63, 3.8) is 0 Å². The molecule has 0 radical (unpaired) electrons. The highest BCUT2D eigenvalue weighted by molar-refractivity contribution is 7.93. The molecule has 3 aliphatic heterocycles. The summed E-state index contributed by atoms with van der Waals surface area (Å²) in [6.07, 6.45) is 7.92. The molecule has 4 fully saturated rings.